The molecule has 1 saturated carbocycles. The van der Waals surface area contributed by atoms with Crippen LogP contribution in [0.1, 0.15) is 54.1 Å². The van der Waals surface area contributed by atoms with Crippen LogP contribution in [0.5, 0.6) is 11.5 Å². The smallest absolute Gasteiger partial charge is 0.227 e. The zero-order valence-corrected chi connectivity index (χ0v) is 25.7. The Labute approximate surface area is 253 Å². The number of carbonyl (C=O) groups excluding carboxylic acids is 1. The molecule has 3 aromatic carbocycles. The fourth-order valence-corrected chi connectivity index (χ4v) is 7.78. The molecule has 4 aromatic rings. The van der Waals surface area contributed by atoms with E-state index in [4.69, 9.17) is 21.1 Å². The Bertz CT molecular complexity index is 1570. The second kappa shape index (κ2) is 11.7. The molecule has 7 heteroatoms. The van der Waals surface area contributed by atoms with Gasteiger partial charge in [-0.05, 0) is 99.1 Å². The normalized spacial score (nSPS) is 21.0. The molecule has 1 aliphatic carbocycles. The number of carbonyl (C=O) groups is 1. The van der Waals surface area contributed by atoms with Crippen molar-refractivity contribution < 1.29 is 14.3 Å². The lowest BCUT2D eigenvalue weighted by atomic mass is 9.68. The number of amides is 1. The molecule has 2 heterocycles. The van der Waals surface area contributed by atoms with Gasteiger partial charge in [-0.15, -0.1) is 0 Å². The second-order valence-corrected chi connectivity index (χ2v) is 12.5. The van der Waals surface area contributed by atoms with E-state index in [1.807, 2.05) is 30.3 Å². The molecule has 1 aromatic heterocycles. The van der Waals surface area contributed by atoms with Crippen molar-refractivity contribution in [2.24, 2.45) is 5.92 Å². The fourth-order valence-electron chi connectivity index (χ4n) is 7.66. The Hall–Kier alpha value is -3.48. The number of nitrogens with zero attached hydrogens (tertiary/aromatic N) is 2. The molecule has 6 nitrogen and oxygen atoms in total. The largest absolute Gasteiger partial charge is 0.493 e. The first-order valence-corrected chi connectivity index (χ1v) is 15.3. The summed E-state index contributed by atoms with van der Waals surface area (Å²) in [5.74, 6) is 1.95. The third-order valence-electron chi connectivity index (χ3n) is 9.56. The van der Waals surface area contributed by atoms with E-state index >= 15 is 0 Å². The first-order chi connectivity index (χ1) is 20.3. The van der Waals surface area contributed by atoms with Crippen molar-refractivity contribution in [2.45, 2.75) is 50.1 Å². The van der Waals surface area contributed by atoms with Gasteiger partial charge in [0.2, 0.25) is 5.91 Å². The maximum atomic E-state index is 14.2. The minimum Gasteiger partial charge on any atom is -0.493 e. The lowest BCUT2D eigenvalue weighted by Crippen LogP contribution is -2.56. The van der Waals surface area contributed by atoms with Crippen molar-refractivity contribution in [1.29, 1.82) is 0 Å². The fraction of sp³-hybridized carbons (Fsp3) is 0.400. The molecular formula is C35H40ClN3O3. The summed E-state index contributed by atoms with van der Waals surface area (Å²) in [5.41, 5.74) is 5.64. The number of ether oxygens (including phenoxy) is 2. The van der Waals surface area contributed by atoms with Gasteiger partial charge in [-0.3, -0.25) is 4.79 Å². The van der Waals surface area contributed by atoms with E-state index < -0.39 is 0 Å². The van der Waals surface area contributed by atoms with Crippen LogP contribution in [0.15, 0.2) is 66.7 Å². The molecule has 1 aliphatic heterocycles. The standard InChI is InChI=1S/C35H40ClN3O3/c1-38(2)33(24-10-12-26(36)13-11-24)25-15-18-35(19-16-25)34-28(27-7-5-6-8-29(27)37-34)17-20-39(35)32(40)22-23-9-14-30(41-3)31(21-23)42-4/h5-14,21,25,33,37H,15-20,22H2,1-4H3. The number of H-pyrrole nitrogens is 1. The lowest BCUT2D eigenvalue weighted by Gasteiger charge is -2.52. The number of halogens is 1. The number of para-hydroxylation sites is 1. The number of aromatic nitrogens is 1. The van der Waals surface area contributed by atoms with Gasteiger partial charge in [-0.25, -0.2) is 0 Å². The molecule has 0 bridgehead atoms. The number of methoxy groups -OCH3 is 2. The van der Waals surface area contributed by atoms with Crippen LogP contribution in [-0.2, 0) is 23.2 Å². The van der Waals surface area contributed by atoms with E-state index in [2.05, 4.69) is 65.3 Å². The van der Waals surface area contributed by atoms with Crippen LogP contribution >= 0.6 is 11.6 Å². The van der Waals surface area contributed by atoms with Gasteiger partial charge in [-0.1, -0.05) is 48.0 Å². The SMILES string of the molecule is COc1ccc(CC(=O)N2CCc3c([nH]c4ccccc34)C23CCC(C(c2ccc(Cl)cc2)N(C)C)CC3)cc1OC. The predicted octanol–water partition coefficient (Wildman–Crippen LogP) is 7.15. The van der Waals surface area contributed by atoms with Crippen molar-refractivity contribution in [3.63, 3.8) is 0 Å². The van der Waals surface area contributed by atoms with Crippen molar-refractivity contribution in [2.75, 3.05) is 34.9 Å². The molecular weight excluding hydrogens is 546 g/mol. The van der Waals surface area contributed by atoms with Crippen molar-refractivity contribution in [1.82, 2.24) is 14.8 Å². The minimum absolute atomic E-state index is 0.159. The Morgan fingerprint density at radius 2 is 1.74 bits per heavy atom. The Morgan fingerprint density at radius 1 is 1.02 bits per heavy atom. The van der Waals surface area contributed by atoms with E-state index in [9.17, 15) is 4.79 Å². The van der Waals surface area contributed by atoms with Gasteiger partial charge >= 0.3 is 0 Å². The number of benzene rings is 3. The predicted molar refractivity (Wildman–Crippen MR) is 168 cm³/mol. The van der Waals surface area contributed by atoms with Crippen LogP contribution in [0.3, 0.4) is 0 Å². The summed E-state index contributed by atoms with van der Waals surface area (Å²) in [4.78, 5) is 22.6. The minimum atomic E-state index is -0.354. The summed E-state index contributed by atoms with van der Waals surface area (Å²) >= 11 is 6.23. The van der Waals surface area contributed by atoms with E-state index in [0.29, 0.717) is 29.9 Å². The Balaban J connectivity index is 1.34. The molecule has 1 fully saturated rings. The van der Waals surface area contributed by atoms with Gasteiger partial charge in [-0.2, -0.15) is 0 Å². The third-order valence-corrected chi connectivity index (χ3v) is 9.81. The maximum Gasteiger partial charge on any atom is 0.227 e. The van der Waals surface area contributed by atoms with Crippen LogP contribution in [0.4, 0.5) is 0 Å². The highest BCUT2D eigenvalue weighted by Crippen LogP contribution is 2.51. The Kier molecular flexibility index (Phi) is 7.95. The molecule has 42 heavy (non-hydrogen) atoms. The van der Waals surface area contributed by atoms with Gasteiger partial charge in [0.1, 0.15) is 0 Å². The molecule has 1 spiro atoms. The zero-order chi connectivity index (χ0) is 29.4. The Morgan fingerprint density at radius 3 is 2.43 bits per heavy atom. The number of aromatic amines is 1. The molecule has 1 N–H and O–H groups in total. The number of rotatable bonds is 7. The number of fused-ring (bicyclic) bond motifs is 4. The van der Waals surface area contributed by atoms with Crippen molar-refractivity contribution in [3.8, 4) is 11.5 Å². The monoisotopic (exact) mass is 585 g/mol. The maximum absolute atomic E-state index is 14.2. The number of nitrogens with one attached hydrogen (secondary N) is 1. The van der Waals surface area contributed by atoms with E-state index in [-0.39, 0.29) is 11.4 Å². The summed E-state index contributed by atoms with van der Waals surface area (Å²) in [6.07, 6.45) is 5.08. The third kappa shape index (κ3) is 5.05. The van der Waals surface area contributed by atoms with E-state index in [1.165, 1.54) is 22.2 Å². The zero-order valence-electron chi connectivity index (χ0n) is 25.0. The number of hydrogen-bond donors (Lipinski definition) is 1. The van der Waals surface area contributed by atoms with E-state index in [0.717, 1.165) is 54.8 Å². The van der Waals surface area contributed by atoms with Gasteiger partial charge < -0.3 is 24.3 Å². The summed E-state index contributed by atoms with van der Waals surface area (Å²) < 4.78 is 10.9. The quantitative estimate of drug-likeness (QED) is 0.250. The van der Waals surface area contributed by atoms with Gasteiger partial charge in [0.15, 0.2) is 11.5 Å². The summed E-state index contributed by atoms with van der Waals surface area (Å²) in [6.45, 7) is 0.722. The molecule has 2 aliphatic rings. The summed E-state index contributed by atoms with van der Waals surface area (Å²) in [6, 6.07) is 22.9. The molecule has 1 amide bonds. The summed E-state index contributed by atoms with van der Waals surface area (Å²) in [7, 11) is 7.59. The molecule has 0 saturated heterocycles. The average molecular weight is 586 g/mol. The summed E-state index contributed by atoms with van der Waals surface area (Å²) in [5, 5.41) is 2.05. The van der Waals surface area contributed by atoms with Crippen LogP contribution < -0.4 is 9.47 Å². The van der Waals surface area contributed by atoms with Crippen LogP contribution in [-0.4, -0.2) is 55.6 Å². The molecule has 220 valence electrons. The molecule has 0 radical (unpaired) electrons. The first-order valence-electron chi connectivity index (χ1n) is 14.9. The number of hydrogen-bond acceptors (Lipinski definition) is 4. The average Bonchev–Trinajstić information content (AvgIpc) is 3.39. The van der Waals surface area contributed by atoms with Crippen LogP contribution in [0.25, 0.3) is 10.9 Å². The van der Waals surface area contributed by atoms with E-state index in [1.54, 1.807) is 14.2 Å². The van der Waals surface area contributed by atoms with Gasteiger partial charge in [0.25, 0.3) is 0 Å². The van der Waals surface area contributed by atoms with Crippen LogP contribution in [0, 0.1) is 5.92 Å². The highest BCUT2D eigenvalue weighted by molar-refractivity contribution is 6.30. The highest BCUT2D eigenvalue weighted by Gasteiger charge is 2.49. The van der Waals surface area contributed by atoms with Crippen molar-refractivity contribution >= 4 is 28.4 Å². The topological polar surface area (TPSA) is 57.8 Å². The van der Waals surface area contributed by atoms with Gasteiger partial charge in [0.05, 0.1) is 26.2 Å². The highest BCUT2D eigenvalue weighted by atomic mass is 35.5. The second-order valence-electron chi connectivity index (χ2n) is 12.0. The van der Waals surface area contributed by atoms with Gasteiger partial charge in [0, 0.05) is 34.2 Å². The molecule has 1 unspecified atom stereocenters. The van der Waals surface area contributed by atoms with Crippen molar-refractivity contribution in [3.05, 3.63) is 94.1 Å². The van der Waals surface area contributed by atoms with Crippen LogP contribution in [0.2, 0.25) is 5.02 Å². The lowest BCUT2D eigenvalue weighted by molar-refractivity contribution is -0.141. The first kappa shape index (κ1) is 28.6. The molecule has 1 atom stereocenters. The molecule has 6 rings (SSSR count).